The van der Waals surface area contributed by atoms with E-state index in [1.165, 1.54) is 23.2 Å². The molecular weight excluding hydrogens is 348 g/mol. The van der Waals surface area contributed by atoms with Gasteiger partial charge in [-0.15, -0.1) is 0 Å². The highest BCUT2D eigenvalue weighted by atomic mass is 16.5. The first-order valence-corrected chi connectivity index (χ1v) is 10.4. The van der Waals surface area contributed by atoms with Crippen LogP contribution in [0.15, 0.2) is 42.5 Å². The second-order valence-corrected chi connectivity index (χ2v) is 8.22. The molecule has 0 N–H and O–H groups in total. The Morgan fingerprint density at radius 2 is 1.82 bits per heavy atom. The fourth-order valence-corrected chi connectivity index (χ4v) is 4.26. The summed E-state index contributed by atoms with van der Waals surface area (Å²) in [6, 6.07) is 14.7. The summed E-state index contributed by atoms with van der Waals surface area (Å²) in [7, 11) is 4.08. The largest absolute Gasteiger partial charge is 0.378 e. The quantitative estimate of drug-likeness (QED) is 0.760. The van der Waals surface area contributed by atoms with Crippen LogP contribution in [0.5, 0.6) is 0 Å². The molecule has 0 aromatic heterocycles. The van der Waals surface area contributed by atoms with Gasteiger partial charge in [0.1, 0.15) is 0 Å². The van der Waals surface area contributed by atoms with Gasteiger partial charge in [0.25, 0.3) is 5.91 Å². The van der Waals surface area contributed by atoms with Crippen LogP contribution >= 0.6 is 0 Å². The van der Waals surface area contributed by atoms with Crippen molar-refractivity contribution in [3.05, 3.63) is 64.7 Å². The highest BCUT2D eigenvalue weighted by Gasteiger charge is 2.24. The maximum absolute atomic E-state index is 13.4. The minimum absolute atomic E-state index is 0.113. The normalized spacial score (nSPS) is 18.1. The second-order valence-electron chi connectivity index (χ2n) is 8.22. The molecule has 0 spiro atoms. The number of carbonyl (C=O) groups is 1. The van der Waals surface area contributed by atoms with Crippen molar-refractivity contribution in [2.24, 2.45) is 0 Å². The van der Waals surface area contributed by atoms with E-state index in [9.17, 15) is 4.79 Å². The monoisotopic (exact) mass is 378 g/mol. The SMILES string of the molecule is CN(C)c1ccc(CN(C[C@H]2CCCO2)C(=O)c2ccc3c(c2)CCC3)cc1. The highest BCUT2D eigenvalue weighted by molar-refractivity contribution is 5.94. The fraction of sp³-hybridized carbons (Fsp3) is 0.458. The van der Waals surface area contributed by atoms with Crippen molar-refractivity contribution in [3.8, 4) is 0 Å². The van der Waals surface area contributed by atoms with Gasteiger partial charge in [-0.05, 0) is 73.1 Å². The van der Waals surface area contributed by atoms with Crippen molar-refractivity contribution in [1.29, 1.82) is 0 Å². The molecule has 1 aliphatic heterocycles. The summed E-state index contributed by atoms with van der Waals surface area (Å²) in [5.41, 5.74) is 5.88. The van der Waals surface area contributed by atoms with Crippen LogP contribution in [-0.2, 0) is 24.1 Å². The molecule has 0 unspecified atom stereocenters. The molecule has 4 rings (SSSR count). The number of carbonyl (C=O) groups excluding carboxylic acids is 1. The van der Waals surface area contributed by atoms with E-state index in [0.717, 1.165) is 43.4 Å². The molecule has 1 aliphatic carbocycles. The van der Waals surface area contributed by atoms with Gasteiger partial charge in [-0.3, -0.25) is 4.79 Å². The number of aryl methyl sites for hydroxylation is 2. The predicted molar refractivity (Wildman–Crippen MR) is 113 cm³/mol. The number of rotatable bonds is 6. The number of hydrogen-bond donors (Lipinski definition) is 0. The minimum atomic E-state index is 0.113. The molecule has 1 heterocycles. The van der Waals surface area contributed by atoms with Crippen LogP contribution < -0.4 is 4.90 Å². The fourth-order valence-electron chi connectivity index (χ4n) is 4.26. The van der Waals surface area contributed by atoms with E-state index in [2.05, 4.69) is 41.3 Å². The van der Waals surface area contributed by atoms with Crippen LogP contribution in [0.3, 0.4) is 0 Å². The molecule has 2 aromatic rings. The lowest BCUT2D eigenvalue weighted by Crippen LogP contribution is -2.37. The number of amides is 1. The summed E-state index contributed by atoms with van der Waals surface area (Å²) in [6.07, 6.45) is 5.71. The Balaban J connectivity index is 1.54. The number of fused-ring (bicyclic) bond motifs is 1. The van der Waals surface area contributed by atoms with Crippen LogP contribution in [0, 0.1) is 0 Å². The van der Waals surface area contributed by atoms with Crippen molar-refractivity contribution in [2.75, 3.05) is 32.1 Å². The standard InChI is InChI=1S/C24H30N2O2/c1-25(2)22-12-8-18(9-13-22)16-26(17-23-7-4-14-28-23)24(27)21-11-10-19-5-3-6-20(19)15-21/h8-13,15,23H,3-7,14,16-17H2,1-2H3/t23-/m1/s1. The summed E-state index contributed by atoms with van der Waals surface area (Å²) in [5.74, 6) is 0.113. The predicted octanol–water partition coefficient (Wildman–Crippen LogP) is 4.06. The topological polar surface area (TPSA) is 32.8 Å². The zero-order valence-corrected chi connectivity index (χ0v) is 17.0. The van der Waals surface area contributed by atoms with E-state index in [-0.39, 0.29) is 12.0 Å². The Morgan fingerprint density at radius 1 is 1.04 bits per heavy atom. The molecule has 4 nitrogen and oxygen atoms in total. The maximum atomic E-state index is 13.4. The van der Waals surface area contributed by atoms with Crippen LogP contribution in [-0.4, -0.2) is 44.2 Å². The smallest absolute Gasteiger partial charge is 0.254 e. The minimum Gasteiger partial charge on any atom is -0.378 e. The lowest BCUT2D eigenvalue weighted by Gasteiger charge is -2.26. The van der Waals surface area contributed by atoms with E-state index in [1.54, 1.807) is 0 Å². The number of nitrogens with zero attached hydrogens (tertiary/aromatic N) is 2. The van der Waals surface area contributed by atoms with Crippen molar-refractivity contribution in [2.45, 2.75) is 44.8 Å². The van der Waals surface area contributed by atoms with Gasteiger partial charge in [0.15, 0.2) is 0 Å². The Labute approximate surface area is 168 Å². The second kappa shape index (κ2) is 8.36. The molecule has 1 amide bonds. The van der Waals surface area contributed by atoms with Crippen LogP contribution in [0.2, 0.25) is 0 Å². The third-order valence-corrected chi connectivity index (χ3v) is 5.91. The summed E-state index contributed by atoms with van der Waals surface area (Å²) < 4.78 is 5.83. The molecule has 2 aliphatic rings. The number of anilines is 1. The van der Waals surface area contributed by atoms with Gasteiger partial charge in [-0.2, -0.15) is 0 Å². The first-order chi connectivity index (χ1) is 13.6. The van der Waals surface area contributed by atoms with Crippen LogP contribution in [0.4, 0.5) is 5.69 Å². The van der Waals surface area contributed by atoms with Gasteiger partial charge in [0.2, 0.25) is 0 Å². The molecule has 1 atom stereocenters. The average Bonchev–Trinajstić information content (AvgIpc) is 3.38. The van der Waals surface area contributed by atoms with Gasteiger partial charge in [0, 0.05) is 45.0 Å². The van der Waals surface area contributed by atoms with Gasteiger partial charge in [-0.1, -0.05) is 18.2 Å². The molecule has 0 saturated carbocycles. The van der Waals surface area contributed by atoms with E-state index < -0.39 is 0 Å². The summed E-state index contributed by atoms with van der Waals surface area (Å²) in [4.78, 5) is 17.4. The number of ether oxygens (including phenoxy) is 1. The Kier molecular flexibility index (Phi) is 5.67. The van der Waals surface area contributed by atoms with E-state index in [0.29, 0.717) is 13.1 Å². The summed E-state index contributed by atoms with van der Waals surface area (Å²) >= 11 is 0. The van der Waals surface area contributed by atoms with E-state index >= 15 is 0 Å². The lowest BCUT2D eigenvalue weighted by molar-refractivity contribution is 0.0507. The zero-order chi connectivity index (χ0) is 19.5. The molecule has 2 aromatic carbocycles. The number of hydrogen-bond acceptors (Lipinski definition) is 3. The van der Waals surface area contributed by atoms with Gasteiger partial charge in [-0.25, -0.2) is 0 Å². The first-order valence-electron chi connectivity index (χ1n) is 10.4. The van der Waals surface area contributed by atoms with E-state index in [1.807, 2.05) is 25.1 Å². The maximum Gasteiger partial charge on any atom is 0.254 e. The van der Waals surface area contributed by atoms with Crippen molar-refractivity contribution >= 4 is 11.6 Å². The Bertz CT molecular complexity index is 823. The highest BCUT2D eigenvalue weighted by Crippen LogP contribution is 2.25. The third kappa shape index (κ3) is 4.22. The number of benzene rings is 2. The van der Waals surface area contributed by atoms with Crippen molar-refractivity contribution < 1.29 is 9.53 Å². The molecule has 4 heteroatoms. The molecule has 0 radical (unpaired) electrons. The lowest BCUT2D eigenvalue weighted by atomic mass is 10.0. The van der Waals surface area contributed by atoms with Gasteiger partial charge < -0.3 is 14.5 Å². The molecule has 1 fully saturated rings. The van der Waals surface area contributed by atoms with Gasteiger partial charge in [0.05, 0.1) is 6.10 Å². The Hall–Kier alpha value is -2.33. The zero-order valence-electron chi connectivity index (χ0n) is 17.0. The summed E-state index contributed by atoms with van der Waals surface area (Å²) in [5, 5.41) is 0. The third-order valence-electron chi connectivity index (χ3n) is 5.91. The molecule has 0 bridgehead atoms. The molecule has 148 valence electrons. The van der Waals surface area contributed by atoms with Crippen molar-refractivity contribution in [3.63, 3.8) is 0 Å². The van der Waals surface area contributed by atoms with Crippen molar-refractivity contribution in [1.82, 2.24) is 4.90 Å². The molecular formula is C24H30N2O2. The summed E-state index contributed by atoms with van der Waals surface area (Å²) in [6.45, 7) is 2.08. The Morgan fingerprint density at radius 3 is 2.54 bits per heavy atom. The average molecular weight is 379 g/mol. The van der Waals surface area contributed by atoms with Gasteiger partial charge >= 0.3 is 0 Å². The molecule has 28 heavy (non-hydrogen) atoms. The van der Waals surface area contributed by atoms with Crippen LogP contribution in [0.1, 0.15) is 46.3 Å². The van der Waals surface area contributed by atoms with E-state index in [4.69, 9.17) is 4.74 Å². The first kappa shape index (κ1) is 19.0. The van der Waals surface area contributed by atoms with Crippen LogP contribution in [0.25, 0.3) is 0 Å². The molecule has 1 saturated heterocycles.